The predicted octanol–water partition coefficient (Wildman–Crippen LogP) is 6.68. The lowest BCUT2D eigenvalue weighted by molar-refractivity contribution is -0.113. The van der Waals surface area contributed by atoms with Crippen molar-refractivity contribution in [2.75, 3.05) is 69.3 Å². The minimum absolute atomic E-state index is 0.216. The van der Waals surface area contributed by atoms with Gasteiger partial charge in [-0.05, 0) is 48.4 Å². The molecule has 1 aliphatic heterocycles. The molecule has 43 heavy (non-hydrogen) atoms. The van der Waals surface area contributed by atoms with Crippen LogP contribution in [0, 0.1) is 6.92 Å². The molecule has 224 valence electrons. The Balaban J connectivity index is 1.56. The first-order valence-electron chi connectivity index (χ1n) is 13.7. The Kier molecular flexibility index (Phi) is 8.96. The Morgan fingerprint density at radius 2 is 1.72 bits per heavy atom. The molecule has 11 heteroatoms. The smallest absolute Gasteiger partial charge is 0.250 e. The number of amides is 1. The molecule has 3 aromatic carbocycles. The largest absolute Gasteiger partial charge is 0.495 e. The van der Waals surface area contributed by atoms with E-state index in [1.165, 1.54) is 6.08 Å². The van der Waals surface area contributed by atoms with E-state index in [9.17, 15) is 4.79 Å². The number of fused-ring (bicyclic) bond motifs is 1. The zero-order chi connectivity index (χ0) is 30.8. The molecule has 0 bridgehead atoms. The molecule has 4 aromatic rings. The van der Waals surface area contributed by atoms with Gasteiger partial charge in [0, 0.05) is 56.1 Å². The standard InChI is InChI=1S/C32H33Cl2N5O4/c1-7-27(40)37(3)24-16-22(39-10-12-43-13-11-39)14-19(2)31(24)38(4)32-35-18-21-15-20(8-9-23(21)36-32)28-29(33)25(41-5)17-26(42-6)30(28)34/h7-9,14-18H,1,10-13H2,2-6H3. The van der Waals surface area contributed by atoms with Crippen LogP contribution in [0.5, 0.6) is 11.5 Å². The van der Waals surface area contributed by atoms with E-state index in [-0.39, 0.29) is 5.91 Å². The number of nitrogens with zero attached hydrogens (tertiary/aromatic N) is 5. The van der Waals surface area contributed by atoms with Crippen molar-refractivity contribution >= 4 is 63.0 Å². The minimum Gasteiger partial charge on any atom is -0.495 e. The second kappa shape index (κ2) is 12.7. The Labute approximate surface area is 261 Å². The third-order valence-electron chi connectivity index (χ3n) is 7.57. The van der Waals surface area contributed by atoms with Gasteiger partial charge in [0.25, 0.3) is 0 Å². The molecule has 0 N–H and O–H groups in total. The Bertz CT molecular complexity index is 1680. The molecule has 2 heterocycles. The molecular formula is C32H33Cl2N5O4. The highest BCUT2D eigenvalue weighted by molar-refractivity contribution is 6.41. The number of ether oxygens (including phenoxy) is 3. The maximum absolute atomic E-state index is 12.8. The van der Waals surface area contributed by atoms with Crippen molar-refractivity contribution in [1.82, 2.24) is 9.97 Å². The van der Waals surface area contributed by atoms with E-state index < -0.39 is 0 Å². The summed E-state index contributed by atoms with van der Waals surface area (Å²) in [5.74, 6) is 1.17. The molecule has 1 amide bonds. The first-order chi connectivity index (χ1) is 20.7. The molecule has 0 atom stereocenters. The summed E-state index contributed by atoms with van der Waals surface area (Å²) >= 11 is 13.3. The van der Waals surface area contributed by atoms with E-state index in [0.29, 0.717) is 46.3 Å². The third kappa shape index (κ3) is 5.80. The number of aryl methyl sites for hydroxylation is 1. The summed E-state index contributed by atoms with van der Waals surface area (Å²) in [5, 5.41) is 1.56. The van der Waals surface area contributed by atoms with E-state index in [1.54, 1.807) is 38.4 Å². The SMILES string of the molecule is C=CC(=O)N(C)c1cc(N2CCOCC2)cc(C)c1N(C)c1ncc2cc(-c3c(Cl)c(OC)cc(OC)c3Cl)ccc2n1. The molecule has 9 nitrogen and oxygen atoms in total. The molecule has 0 radical (unpaired) electrons. The number of aromatic nitrogens is 2. The van der Waals surface area contributed by atoms with Crippen molar-refractivity contribution in [3.63, 3.8) is 0 Å². The summed E-state index contributed by atoms with van der Waals surface area (Å²) in [5.41, 5.74) is 5.62. The van der Waals surface area contributed by atoms with Crippen molar-refractivity contribution in [3.05, 3.63) is 70.9 Å². The lowest BCUT2D eigenvalue weighted by atomic mass is 10.0. The molecule has 0 saturated carbocycles. The van der Waals surface area contributed by atoms with Gasteiger partial charge >= 0.3 is 0 Å². The molecule has 1 aliphatic rings. The molecule has 0 aliphatic carbocycles. The highest BCUT2D eigenvalue weighted by Gasteiger charge is 2.24. The van der Waals surface area contributed by atoms with Gasteiger partial charge in [0.1, 0.15) is 11.5 Å². The van der Waals surface area contributed by atoms with E-state index in [1.807, 2.05) is 43.1 Å². The number of hydrogen-bond donors (Lipinski definition) is 0. The average Bonchev–Trinajstić information content (AvgIpc) is 3.03. The normalized spacial score (nSPS) is 13.1. The molecule has 1 fully saturated rings. The van der Waals surface area contributed by atoms with Crippen LogP contribution in [-0.4, -0.2) is 70.5 Å². The van der Waals surface area contributed by atoms with E-state index >= 15 is 0 Å². The van der Waals surface area contributed by atoms with Crippen molar-refractivity contribution in [1.29, 1.82) is 0 Å². The highest BCUT2D eigenvalue weighted by atomic mass is 35.5. The van der Waals surface area contributed by atoms with Gasteiger partial charge in [-0.2, -0.15) is 0 Å². The van der Waals surface area contributed by atoms with Gasteiger partial charge in [0.2, 0.25) is 11.9 Å². The summed E-state index contributed by atoms with van der Waals surface area (Å²) in [7, 11) is 6.72. The maximum Gasteiger partial charge on any atom is 0.250 e. The maximum atomic E-state index is 12.8. The van der Waals surface area contributed by atoms with Crippen LogP contribution in [0.15, 0.2) is 55.3 Å². The van der Waals surface area contributed by atoms with Gasteiger partial charge in [-0.1, -0.05) is 35.8 Å². The summed E-state index contributed by atoms with van der Waals surface area (Å²) in [4.78, 5) is 28.1. The van der Waals surface area contributed by atoms with Crippen molar-refractivity contribution < 1.29 is 19.0 Å². The van der Waals surface area contributed by atoms with Gasteiger partial charge < -0.3 is 28.9 Å². The number of rotatable bonds is 8. The van der Waals surface area contributed by atoms with Gasteiger partial charge in [-0.15, -0.1) is 0 Å². The fourth-order valence-electron chi connectivity index (χ4n) is 5.27. The monoisotopic (exact) mass is 621 g/mol. The van der Waals surface area contributed by atoms with Crippen molar-refractivity contribution in [2.45, 2.75) is 6.92 Å². The number of benzene rings is 3. The molecule has 1 aromatic heterocycles. The molecule has 0 spiro atoms. The number of likely N-dealkylation sites (N-methyl/N-ethyl adjacent to an activating group) is 1. The molecule has 5 rings (SSSR count). The van der Waals surface area contributed by atoms with E-state index in [0.717, 1.165) is 52.2 Å². The number of hydrogen-bond acceptors (Lipinski definition) is 8. The van der Waals surface area contributed by atoms with Crippen LogP contribution in [0.4, 0.5) is 23.0 Å². The van der Waals surface area contributed by atoms with Crippen molar-refractivity contribution in [2.24, 2.45) is 0 Å². The zero-order valence-corrected chi connectivity index (χ0v) is 26.3. The fourth-order valence-corrected chi connectivity index (χ4v) is 5.99. The molecular weight excluding hydrogens is 589 g/mol. The molecule has 0 unspecified atom stereocenters. The molecule has 1 saturated heterocycles. The van der Waals surface area contributed by atoms with Crippen LogP contribution in [0.2, 0.25) is 10.0 Å². The second-order valence-corrected chi connectivity index (χ2v) is 10.9. The second-order valence-electron chi connectivity index (χ2n) is 10.1. The lowest BCUT2D eigenvalue weighted by Gasteiger charge is -2.32. The quantitative estimate of drug-likeness (QED) is 0.202. The van der Waals surface area contributed by atoms with E-state index in [2.05, 4.69) is 17.5 Å². The number of carbonyl (C=O) groups excluding carboxylic acids is 1. The number of halogens is 2. The predicted molar refractivity (Wildman–Crippen MR) is 174 cm³/mol. The van der Waals surface area contributed by atoms with E-state index in [4.69, 9.17) is 47.4 Å². The van der Waals surface area contributed by atoms with Gasteiger partial charge in [0.15, 0.2) is 0 Å². The van der Waals surface area contributed by atoms with Crippen LogP contribution >= 0.6 is 23.2 Å². The third-order valence-corrected chi connectivity index (χ3v) is 8.32. The number of methoxy groups -OCH3 is 2. The summed E-state index contributed by atoms with van der Waals surface area (Å²) in [6, 6.07) is 11.5. The Hall–Kier alpha value is -4.05. The number of morpholine rings is 1. The van der Waals surface area contributed by atoms with Crippen LogP contribution in [0.1, 0.15) is 5.56 Å². The van der Waals surface area contributed by atoms with Gasteiger partial charge in [0.05, 0.1) is 54.4 Å². The van der Waals surface area contributed by atoms with Crippen LogP contribution in [-0.2, 0) is 9.53 Å². The van der Waals surface area contributed by atoms with Crippen molar-refractivity contribution in [3.8, 4) is 22.6 Å². The Morgan fingerprint density at radius 1 is 1.05 bits per heavy atom. The highest BCUT2D eigenvalue weighted by Crippen LogP contribution is 2.46. The summed E-state index contributed by atoms with van der Waals surface area (Å²) in [6.45, 7) is 8.58. The van der Waals surface area contributed by atoms with Crippen LogP contribution in [0.25, 0.3) is 22.0 Å². The van der Waals surface area contributed by atoms with Gasteiger partial charge in [-0.3, -0.25) is 4.79 Å². The minimum atomic E-state index is -0.216. The summed E-state index contributed by atoms with van der Waals surface area (Å²) < 4.78 is 16.4. The van der Waals surface area contributed by atoms with Crippen LogP contribution in [0.3, 0.4) is 0 Å². The first-order valence-corrected chi connectivity index (χ1v) is 14.4. The Morgan fingerprint density at radius 3 is 2.35 bits per heavy atom. The lowest BCUT2D eigenvalue weighted by Crippen LogP contribution is -2.36. The first kappa shape index (κ1) is 30.4. The van der Waals surface area contributed by atoms with Crippen LogP contribution < -0.4 is 24.2 Å². The van der Waals surface area contributed by atoms with Gasteiger partial charge in [-0.25, -0.2) is 9.97 Å². The topological polar surface area (TPSA) is 80.3 Å². The zero-order valence-electron chi connectivity index (χ0n) is 24.8. The average molecular weight is 623 g/mol. The fraction of sp³-hybridized carbons (Fsp3) is 0.281. The number of anilines is 4. The summed E-state index contributed by atoms with van der Waals surface area (Å²) in [6.07, 6.45) is 3.06. The number of carbonyl (C=O) groups is 1.